The molecule has 0 heterocycles. The van der Waals surface area contributed by atoms with Gasteiger partial charge in [-0.1, -0.05) is 52.7 Å². The first-order valence-electron chi connectivity index (χ1n) is 9.29. The van der Waals surface area contributed by atoms with Gasteiger partial charge in [0.2, 0.25) is 12.2 Å². The number of carbonyl (C=O) groups excluding carboxylic acids is 2. The SMILES string of the molecule is CC(C)c1cc(CC2CCCCC2N=C=O)cc(C(C)C)c1N=C=O. The molecule has 1 aromatic carbocycles. The molecule has 4 heteroatoms. The van der Waals surface area contributed by atoms with E-state index in [4.69, 9.17) is 0 Å². The second kappa shape index (κ2) is 8.89. The minimum absolute atomic E-state index is 0.0870. The average molecular weight is 340 g/mol. The lowest BCUT2D eigenvalue weighted by Crippen LogP contribution is -2.25. The summed E-state index contributed by atoms with van der Waals surface area (Å²) in [5.41, 5.74) is 4.21. The maximum Gasteiger partial charge on any atom is 0.240 e. The van der Waals surface area contributed by atoms with Crippen LogP contribution < -0.4 is 0 Å². The molecule has 134 valence electrons. The van der Waals surface area contributed by atoms with Crippen molar-refractivity contribution in [2.75, 3.05) is 0 Å². The monoisotopic (exact) mass is 340 g/mol. The Balaban J connectivity index is 2.43. The van der Waals surface area contributed by atoms with Gasteiger partial charge in [-0.3, -0.25) is 0 Å². The van der Waals surface area contributed by atoms with E-state index in [0.717, 1.165) is 42.5 Å². The zero-order valence-corrected chi connectivity index (χ0v) is 15.7. The lowest BCUT2D eigenvalue weighted by atomic mass is 9.79. The van der Waals surface area contributed by atoms with Gasteiger partial charge in [-0.15, -0.1) is 0 Å². The van der Waals surface area contributed by atoms with Crippen LogP contribution in [0.3, 0.4) is 0 Å². The fraction of sp³-hybridized carbons (Fsp3) is 0.619. The predicted octanol–water partition coefficient (Wildman–Crippen LogP) is 5.34. The normalized spacial score (nSPS) is 20.2. The van der Waals surface area contributed by atoms with Gasteiger partial charge >= 0.3 is 0 Å². The largest absolute Gasteiger partial charge is 0.240 e. The molecule has 1 aliphatic rings. The van der Waals surface area contributed by atoms with Crippen LogP contribution in [-0.4, -0.2) is 18.2 Å². The number of hydrogen-bond acceptors (Lipinski definition) is 4. The molecule has 4 nitrogen and oxygen atoms in total. The van der Waals surface area contributed by atoms with Crippen molar-refractivity contribution in [1.82, 2.24) is 0 Å². The standard InChI is InChI=1S/C21H28N2O2/c1-14(2)18-10-16(11-19(15(3)4)21(18)23-13-25)9-17-7-5-6-8-20(17)22-12-24/h10-11,14-15,17,20H,5-9H2,1-4H3. The zero-order valence-electron chi connectivity index (χ0n) is 15.7. The summed E-state index contributed by atoms with van der Waals surface area (Å²) >= 11 is 0. The zero-order chi connectivity index (χ0) is 18.4. The molecule has 0 aliphatic heterocycles. The predicted molar refractivity (Wildman–Crippen MR) is 100.0 cm³/mol. The van der Waals surface area contributed by atoms with Crippen LogP contribution in [-0.2, 0) is 16.0 Å². The van der Waals surface area contributed by atoms with Gasteiger partial charge < -0.3 is 0 Å². The second-order valence-electron chi connectivity index (χ2n) is 7.67. The van der Waals surface area contributed by atoms with Crippen molar-refractivity contribution in [1.29, 1.82) is 0 Å². The maximum atomic E-state index is 10.9. The highest BCUT2D eigenvalue weighted by molar-refractivity contribution is 5.62. The highest BCUT2D eigenvalue weighted by atomic mass is 16.1. The molecule has 0 radical (unpaired) electrons. The van der Waals surface area contributed by atoms with E-state index in [0.29, 0.717) is 5.92 Å². The molecule has 0 spiro atoms. The Hall–Kier alpha value is -2.02. The lowest BCUT2D eigenvalue weighted by molar-refractivity contribution is 0.307. The van der Waals surface area contributed by atoms with Gasteiger partial charge in [0.15, 0.2) is 0 Å². The van der Waals surface area contributed by atoms with E-state index in [2.05, 4.69) is 49.8 Å². The van der Waals surface area contributed by atoms with Gasteiger partial charge in [0.1, 0.15) is 0 Å². The number of aliphatic imine (C=N–C) groups is 2. The van der Waals surface area contributed by atoms with Gasteiger partial charge in [0.05, 0.1) is 11.7 Å². The lowest BCUT2D eigenvalue weighted by Gasteiger charge is -2.28. The van der Waals surface area contributed by atoms with Crippen molar-refractivity contribution in [2.24, 2.45) is 15.9 Å². The molecular formula is C21H28N2O2. The summed E-state index contributed by atoms with van der Waals surface area (Å²) < 4.78 is 0. The molecule has 25 heavy (non-hydrogen) atoms. The van der Waals surface area contributed by atoms with Gasteiger partial charge in [0, 0.05) is 0 Å². The number of nitrogens with zero attached hydrogens (tertiary/aromatic N) is 2. The number of isocyanates is 2. The van der Waals surface area contributed by atoms with Crippen LogP contribution in [0.5, 0.6) is 0 Å². The van der Waals surface area contributed by atoms with Crippen LogP contribution in [0.25, 0.3) is 0 Å². The third-order valence-corrected chi connectivity index (χ3v) is 5.22. The van der Waals surface area contributed by atoms with Crippen LogP contribution in [0.15, 0.2) is 22.1 Å². The molecule has 0 N–H and O–H groups in total. The highest BCUT2D eigenvalue weighted by Crippen LogP contribution is 2.38. The summed E-state index contributed by atoms with van der Waals surface area (Å²) in [4.78, 5) is 29.7. The van der Waals surface area contributed by atoms with Crippen LogP contribution in [0.2, 0.25) is 0 Å². The quantitative estimate of drug-likeness (QED) is 0.518. The molecule has 2 rings (SSSR count). The van der Waals surface area contributed by atoms with Gasteiger partial charge in [-0.2, -0.15) is 4.99 Å². The van der Waals surface area contributed by atoms with Crippen molar-refractivity contribution < 1.29 is 9.59 Å². The molecule has 0 saturated heterocycles. The Morgan fingerprint density at radius 3 is 2.12 bits per heavy atom. The van der Waals surface area contributed by atoms with Gasteiger partial charge in [-0.25, -0.2) is 14.6 Å². The molecule has 1 aliphatic carbocycles. The Bertz CT molecular complexity index is 667. The summed E-state index contributed by atoms with van der Waals surface area (Å²) in [5.74, 6) is 0.940. The molecular weight excluding hydrogens is 312 g/mol. The van der Waals surface area contributed by atoms with E-state index in [-0.39, 0.29) is 17.9 Å². The van der Waals surface area contributed by atoms with Crippen LogP contribution in [0.1, 0.15) is 81.9 Å². The number of hydrogen-bond donors (Lipinski definition) is 0. The minimum atomic E-state index is 0.0870. The minimum Gasteiger partial charge on any atom is -0.211 e. The summed E-state index contributed by atoms with van der Waals surface area (Å²) in [5, 5.41) is 0. The van der Waals surface area contributed by atoms with E-state index in [1.165, 1.54) is 12.0 Å². The first kappa shape index (κ1) is 19.3. The van der Waals surface area contributed by atoms with E-state index in [9.17, 15) is 9.59 Å². The third-order valence-electron chi connectivity index (χ3n) is 5.22. The molecule has 0 bridgehead atoms. The van der Waals surface area contributed by atoms with Crippen LogP contribution in [0.4, 0.5) is 5.69 Å². The summed E-state index contributed by atoms with van der Waals surface area (Å²) in [6.45, 7) is 8.47. The molecule has 0 aromatic heterocycles. The smallest absolute Gasteiger partial charge is 0.211 e. The molecule has 2 atom stereocenters. The molecule has 1 aromatic rings. The fourth-order valence-corrected chi connectivity index (χ4v) is 3.88. The number of rotatable bonds is 6. The third kappa shape index (κ3) is 4.75. The Kier molecular flexibility index (Phi) is 6.87. The first-order valence-corrected chi connectivity index (χ1v) is 9.29. The number of benzene rings is 1. The molecule has 0 amide bonds. The average Bonchev–Trinajstić information content (AvgIpc) is 2.57. The van der Waals surface area contributed by atoms with E-state index in [1.807, 2.05) is 0 Å². The van der Waals surface area contributed by atoms with Crippen molar-refractivity contribution in [2.45, 2.75) is 77.7 Å². The van der Waals surface area contributed by atoms with Crippen molar-refractivity contribution in [3.8, 4) is 0 Å². The van der Waals surface area contributed by atoms with Gasteiger partial charge in [-0.05, 0) is 53.7 Å². The fourth-order valence-electron chi connectivity index (χ4n) is 3.88. The molecule has 1 fully saturated rings. The van der Waals surface area contributed by atoms with E-state index < -0.39 is 0 Å². The first-order chi connectivity index (χ1) is 12.0. The van der Waals surface area contributed by atoms with Gasteiger partial charge in [0.25, 0.3) is 0 Å². The Morgan fingerprint density at radius 1 is 1.00 bits per heavy atom. The topological polar surface area (TPSA) is 58.9 Å². The van der Waals surface area contributed by atoms with Crippen molar-refractivity contribution in [3.63, 3.8) is 0 Å². The second-order valence-corrected chi connectivity index (χ2v) is 7.67. The van der Waals surface area contributed by atoms with E-state index >= 15 is 0 Å². The Morgan fingerprint density at radius 2 is 1.60 bits per heavy atom. The molecule has 1 saturated carbocycles. The Labute approximate surface area is 150 Å². The van der Waals surface area contributed by atoms with Crippen molar-refractivity contribution in [3.05, 3.63) is 28.8 Å². The summed E-state index contributed by atoms with van der Waals surface area (Å²) in [6.07, 6.45) is 8.77. The summed E-state index contributed by atoms with van der Waals surface area (Å²) in [7, 11) is 0. The molecule has 2 unspecified atom stereocenters. The summed E-state index contributed by atoms with van der Waals surface area (Å²) in [6, 6.07) is 4.43. The van der Waals surface area contributed by atoms with Crippen molar-refractivity contribution >= 4 is 17.8 Å². The highest BCUT2D eigenvalue weighted by Gasteiger charge is 2.26. The van der Waals surface area contributed by atoms with Crippen LogP contribution >= 0.6 is 0 Å². The van der Waals surface area contributed by atoms with Crippen LogP contribution in [0, 0.1) is 5.92 Å². The maximum absolute atomic E-state index is 10.9. The van der Waals surface area contributed by atoms with E-state index in [1.54, 1.807) is 12.2 Å².